The monoisotopic (exact) mass is 237 g/mol. The van der Waals surface area contributed by atoms with Gasteiger partial charge in [-0.2, -0.15) is 0 Å². The fourth-order valence-electron chi connectivity index (χ4n) is 1.72. The molecule has 1 rings (SSSR count). The molecule has 94 valence electrons. The molecular formula is C13H19NO3. The summed E-state index contributed by atoms with van der Waals surface area (Å²) in [7, 11) is 1.58. The highest BCUT2D eigenvalue weighted by atomic mass is 16.5. The second-order valence-corrected chi connectivity index (χ2v) is 4.10. The largest absolute Gasteiger partial charge is 0.496 e. The summed E-state index contributed by atoms with van der Waals surface area (Å²) < 4.78 is 10.2. The number of benzene rings is 1. The molecule has 1 atom stereocenters. The van der Waals surface area contributed by atoms with Crippen LogP contribution in [0.25, 0.3) is 0 Å². The molecule has 2 N–H and O–H groups in total. The van der Waals surface area contributed by atoms with Crippen LogP contribution in [0.3, 0.4) is 0 Å². The van der Waals surface area contributed by atoms with Gasteiger partial charge in [0.05, 0.1) is 25.7 Å². The Hall–Kier alpha value is -1.55. The predicted octanol–water partition coefficient (Wildman–Crippen LogP) is 1.82. The number of ether oxygens (including phenoxy) is 2. The van der Waals surface area contributed by atoms with E-state index in [2.05, 4.69) is 0 Å². The van der Waals surface area contributed by atoms with Gasteiger partial charge in [0.2, 0.25) is 0 Å². The van der Waals surface area contributed by atoms with Gasteiger partial charge in [0.15, 0.2) is 0 Å². The Balaban J connectivity index is 2.92. The minimum absolute atomic E-state index is 0.126. The molecule has 0 radical (unpaired) electrons. The third-order valence-corrected chi connectivity index (χ3v) is 2.54. The zero-order valence-electron chi connectivity index (χ0n) is 10.5. The lowest BCUT2D eigenvalue weighted by molar-refractivity contribution is -0.144. The van der Waals surface area contributed by atoms with Crippen LogP contribution in [0.4, 0.5) is 0 Å². The van der Waals surface area contributed by atoms with E-state index in [-0.39, 0.29) is 12.4 Å². The van der Waals surface area contributed by atoms with E-state index in [4.69, 9.17) is 15.2 Å². The van der Waals surface area contributed by atoms with Crippen molar-refractivity contribution in [1.82, 2.24) is 0 Å². The number of hydrogen-bond donors (Lipinski definition) is 1. The molecule has 17 heavy (non-hydrogen) atoms. The highest BCUT2D eigenvalue weighted by Crippen LogP contribution is 2.30. The summed E-state index contributed by atoms with van der Waals surface area (Å²) in [5.41, 5.74) is 6.17. The van der Waals surface area contributed by atoms with Gasteiger partial charge in [0.1, 0.15) is 5.75 Å². The molecule has 0 spiro atoms. The average Bonchev–Trinajstić information content (AvgIpc) is 2.28. The van der Waals surface area contributed by atoms with Crippen LogP contribution in [0.1, 0.15) is 25.8 Å². The molecule has 0 aromatic heterocycles. The molecule has 1 unspecified atom stereocenters. The van der Waals surface area contributed by atoms with Crippen molar-refractivity contribution in [3.63, 3.8) is 0 Å². The van der Waals surface area contributed by atoms with E-state index in [1.807, 2.05) is 24.3 Å². The van der Waals surface area contributed by atoms with Crippen molar-refractivity contribution in [2.45, 2.75) is 25.8 Å². The maximum absolute atomic E-state index is 11.5. The predicted molar refractivity (Wildman–Crippen MR) is 65.8 cm³/mol. The number of methoxy groups -OCH3 is 1. The molecule has 0 amide bonds. The number of esters is 1. The van der Waals surface area contributed by atoms with Crippen molar-refractivity contribution in [3.05, 3.63) is 29.8 Å². The molecule has 4 heteroatoms. The molecule has 0 saturated carbocycles. The van der Waals surface area contributed by atoms with Gasteiger partial charge in [-0.05, 0) is 19.9 Å². The SMILES string of the molecule is CCOC(=O)CC(C)(N)c1ccccc1OC. The molecule has 0 aliphatic carbocycles. The normalized spacial score (nSPS) is 13.9. The molecule has 0 aliphatic heterocycles. The van der Waals surface area contributed by atoms with Crippen LogP contribution in [-0.4, -0.2) is 19.7 Å². The second-order valence-electron chi connectivity index (χ2n) is 4.10. The lowest BCUT2D eigenvalue weighted by Crippen LogP contribution is -2.36. The summed E-state index contributed by atoms with van der Waals surface area (Å²) in [6.07, 6.45) is 0.126. The second kappa shape index (κ2) is 5.68. The zero-order valence-corrected chi connectivity index (χ0v) is 10.5. The van der Waals surface area contributed by atoms with E-state index >= 15 is 0 Å². The highest BCUT2D eigenvalue weighted by Gasteiger charge is 2.28. The Bertz CT molecular complexity index is 388. The van der Waals surface area contributed by atoms with Crippen molar-refractivity contribution in [2.24, 2.45) is 5.73 Å². The Morgan fingerprint density at radius 1 is 1.41 bits per heavy atom. The summed E-state index contributed by atoms with van der Waals surface area (Å²) in [5, 5.41) is 0. The van der Waals surface area contributed by atoms with Gasteiger partial charge >= 0.3 is 5.97 Å². The summed E-state index contributed by atoms with van der Waals surface area (Å²) >= 11 is 0. The third-order valence-electron chi connectivity index (χ3n) is 2.54. The first-order valence-corrected chi connectivity index (χ1v) is 5.59. The van der Waals surface area contributed by atoms with E-state index in [1.165, 1.54) is 0 Å². The number of para-hydroxylation sites is 1. The van der Waals surface area contributed by atoms with E-state index in [9.17, 15) is 4.79 Å². The van der Waals surface area contributed by atoms with Gasteiger partial charge < -0.3 is 15.2 Å². The molecule has 1 aromatic carbocycles. The quantitative estimate of drug-likeness (QED) is 0.793. The third kappa shape index (κ3) is 3.46. The van der Waals surface area contributed by atoms with Crippen molar-refractivity contribution < 1.29 is 14.3 Å². The van der Waals surface area contributed by atoms with E-state index < -0.39 is 5.54 Å². The van der Waals surface area contributed by atoms with Crippen LogP contribution in [-0.2, 0) is 15.1 Å². The topological polar surface area (TPSA) is 61.5 Å². The fraction of sp³-hybridized carbons (Fsp3) is 0.462. The zero-order chi connectivity index (χ0) is 12.9. The Morgan fingerprint density at radius 3 is 2.65 bits per heavy atom. The van der Waals surface area contributed by atoms with Crippen molar-refractivity contribution in [1.29, 1.82) is 0 Å². The maximum Gasteiger partial charge on any atom is 0.307 e. The number of carbonyl (C=O) groups is 1. The minimum Gasteiger partial charge on any atom is -0.496 e. The lowest BCUT2D eigenvalue weighted by atomic mass is 9.89. The Labute approximate surface area is 102 Å². The average molecular weight is 237 g/mol. The van der Waals surface area contributed by atoms with Crippen molar-refractivity contribution in [2.75, 3.05) is 13.7 Å². The molecule has 0 fully saturated rings. The molecule has 0 heterocycles. The van der Waals surface area contributed by atoms with Gasteiger partial charge in [-0.1, -0.05) is 18.2 Å². The minimum atomic E-state index is -0.793. The maximum atomic E-state index is 11.5. The molecule has 0 saturated heterocycles. The van der Waals surface area contributed by atoms with Crippen LogP contribution >= 0.6 is 0 Å². The smallest absolute Gasteiger partial charge is 0.307 e. The molecule has 4 nitrogen and oxygen atoms in total. The van der Waals surface area contributed by atoms with Gasteiger partial charge in [-0.25, -0.2) is 0 Å². The van der Waals surface area contributed by atoms with Crippen LogP contribution in [0, 0.1) is 0 Å². The fourth-order valence-corrected chi connectivity index (χ4v) is 1.72. The lowest BCUT2D eigenvalue weighted by Gasteiger charge is -2.25. The van der Waals surface area contributed by atoms with Crippen molar-refractivity contribution >= 4 is 5.97 Å². The summed E-state index contributed by atoms with van der Waals surface area (Å²) in [6, 6.07) is 7.42. The van der Waals surface area contributed by atoms with Crippen LogP contribution in [0.5, 0.6) is 5.75 Å². The van der Waals surface area contributed by atoms with Gasteiger partial charge in [-0.3, -0.25) is 4.79 Å². The molecule has 1 aromatic rings. The van der Waals surface area contributed by atoms with Gasteiger partial charge in [0, 0.05) is 5.56 Å². The number of hydrogen-bond acceptors (Lipinski definition) is 4. The first kappa shape index (κ1) is 13.5. The first-order chi connectivity index (χ1) is 8.01. The summed E-state index contributed by atoms with van der Waals surface area (Å²) in [5.74, 6) is 0.380. The number of carbonyl (C=O) groups excluding carboxylic acids is 1. The van der Waals surface area contributed by atoms with Crippen LogP contribution in [0.2, 0.25) is 0 Å². The van der Waals surface area contributed by atoms with Crippen LogP contribution < -0.4 is 10.5 Å². The van der Waals surface area contributed by atoms with E-state index in [1.54, 1.807) is 21.0 Å². The van der Waals surface area contributed by atoms with Crippen molar-refractivity contribution in [3.8, 4) is 5.75 Å². The first-order valence-electron chi connectivity index (χ1n) is 5.59. The number of nitrogens with two attached hydrogens (primary N) is 1. The van der Waals surface area contributed by atoms with E-state index in [0.29, 0.717) is 12.4 Å². The van der Waals surface area contributed by atoms with E-state index in [0.717, 1.165) is 5.56 Å². The number of rotatable bonds is 5. The highest BCUT2D eigenvalue weighted by molar-refractivity contribution is 5.71. The summed E-state index contributed by atoms with van der Waals surface area (Å²) in [6.45, 7) is 3.93. The Kier molecular flexibility index (Phi) is 4.52. The molecule has 0 aliphatic rings. The van der Waals surface area contributed by atoms with Gasteiger partial charge in [0.25, 0.3) is 0 Å². The van der Waals surface area contributed by atoms with Crippen LogP contribution in [0.15, 0.2) is 24.3 Å². The standard InChI is InChI=1S/C13H19NO3/c1-4-17-12(15)9-13(2,14)10-7-5-6-8-11(10)16-3/h5-8H,4,9,14H2,1-3H3. The molecule has 0 bridgehead atoms. The Morgan fingerprint density at radius 2 is 2.06 bits per heavy atom. The van der Waals surface area contributed by atoms with Gasteiger partial charge in [-0.15, -0.1) is 0 Å². The summed E-state index contributed by atoms with van der Waals surface area (Å²) in [4.78, 5) is 11.5. The molecular weight excluding hydrogens is 218 g/mol.